The van der Waals surface area contributed by atoms with Gasteiger partial charge in [0.2, 0.25) is 21.1 Å². The van der Waals surface area contributed by atoms with Crippen LogP contribution in [0.2, 0.25) is 0 Å². The van der Waals surface area contributed by atoms with Gasteiger partial charge in [-0.05, 0) is 30.7 Å². The quantitative estimate of drug-likeness (QED) is 0.553. The zero-order chi connectivity index (χ0) is 20.9. The van der Waals surface area contributed by atoms with Crippen molar-refractivity contribution < 1.29 is 13.2 Å². The molecule has 0 fully saturated rings. The number of sulfonamides is 1. The third kappa shape index (κ3) is 5.59. The van der Waals surface area contributed by atoms with E-state index in [9.17, 15) is 13.2 Å². The average molecular weight is 430 g/mol. The van der Waals surface area contributed by atoms with Gasteiger partial charge in [-0.25, -0.2) is 18.5 Å². The summed E-state index contributed by atoms with van der Waals surface area (Å²) in [5.41, 5.74) is 2.04. The second-order valence-electron chi connectivity index (χ2n) is 6.07. The van der Waals surface area contributed by atoms with Crippen molar-refractivity contribution >= 4 is 33.4 Å². The summed E-state index contributed by atoms with van der Waals surface area (Å²) in [5.74, 6) is -0.239. The lowest BCUT2D eigenvalue weighted by Gasteiger charge is -2.14. The van der Waals surface area contributed by atoms with Gasteiger partial charge in [0, 0.05) is 11.3 Å². The van der Waals surface area contributed by atoms with Crippen molar-refractivity contribution in [2.24, 2.45) is 5.14 Å². The van der Waals surface area contributed by atoms with E-state index in [1.165, 1.54) is 36.0 Å². The van der Waals surface area contributed by atoms with Crippen molar-refractivity contribution in [3.63, 3.8) is 0 Å². The molecule has 1 aromatic heterocycles. The van der Waals surface area contributed by atoms with E-state index in [4.69, 9.17) is 5.14 Å². The van der Waals surface area contributed by atoms with Gasteiger partial charge in [-0.15, -0.1) is 10.2 Å². The molecular weight excluding hydrogens is 410 g/mol. The monoisotopic (exact) mass is 429 g/mol. The second-order valence-corrected chi connectivity index (χ2v) is 8.80. The SMILES string of the molecule is CC[C@H](Sc1ncc(-c2ccccc2)nn1)C(=O)Nc1ccc(S(N)(=O)=O)cc1. The highest BCUT2D eigenvalue weighted by Gasteiger charge is 2.20. The molecule has 0 aliphatic rings. The normalized spacial score (nSPS) is 12.3. The highest BCUT2D eigenvalue weighted by Crippen LogP contribution is 2.24. The Kier molecular flexibility index (Phi) is 6.57. The van der Waals surface area contributed by atoms with Crippen LogP contribution in [0.15, 0.2) is 70.8 Å². The van der Waals surface area contributed by atoms with Crippen molar-refractivity contribution in [3.05, 3.63) is 60.8 Å². The van der Waals surface area contributed by atoms with Crippen LogP contribution in [0.1, 0.15) is 13.3 Å². The number of nitrogens with one attached hydrogen (secondary N) is 1. The number of carbonyl (C=O) groups is 1. The molecular formula is C19H19N5O3S2. The third-order valence-electron chi connectivity index (χ3n) is 3.97. The molecule has 0 saturated heterocycles. The molecule has 10 heteroatoms. The molecule has 3 N–H and O–H groups in total. The molecule has 0 bridgehead atoms. The maximum atomic E-state index is 12.6. The number of aromatic nitrogens is 3. The van der Waals surface area contributed by atoms with Crippen LogP contribution in [0.3, 0.4) is 0 Å². The summed E-state index contributed by atoms with van der Waals surface area (Å²) in [7, 11) is -3.77. The molecule has 1 atom stereocenters. The minimum absolute atomic E-state index is 0.0186. The molecule has 1 heterocycles. The van der Waals surface area contributed by atoms with E-state index in [-0.39, 0.29) is 10.8 Å². The smallest absolute Gasteiger partial charge is 0.238 e. The number of rotatable bonds is 7. The molecule has 8 nitrogen and oxygen atoms in total. The van der Waals surface area contributed by atoms with Gasteiger partial charge in [0.15, 0.2) is 0 Å². The molecule has 0 radical (unpaired) electrons. The Bertz CT molecular complexity index is 1070. The van der Waals surface area contributed by atoms with Gasteiger partial charge in [0.1, 0.15) is 5.69 Å². The summed E-state index contributed by atoms with van der Waals surface area (Å²) >= 11 is 1.21. The van der Waals surface area contributed by atoms with Crippen LogP contribution in [-0.4, -0.2) is 34.8 Å². The predicted molar refractivity (Wildman–Crippen MR) is 112 cm³/mol. The molecule has 0 spiro atoms. The first-order chi connectivity index (χ1) is 13.9. The standard InChI is InChI=1S/C19H19N5O3S2/c1-2-17(18(25)22-14-8-10-15(11-9-14)29(20,26)27)28-19-21-12-16(23-24-19)13-6-4-3-5-7-13/h3-12,17H,2H2,1H3,(H,22,25)(H2,20,26,27)/t17-/m0/s1. The molecule has 3 aromatic rings. The lowest BCUT2D eigenvalue weighted by atomic mass is 10.2. The Balaban J connectivity index is 1.65. The zero-order valence-electron chi connectivity index (χ0n) is 15.5. The average Bonchev–Trinajstić information content (AvgIpc) is 2.73. The first kappa shape index (κ1) is 20.9. The lowest BCUT2D eigenvalue weighted by molar-refractivity contribution is -0.115. The zero-order valence-corrected chi connectivity index (χ0v) is 17.2. The van der Waals surface area contributed by atoms with Crippen molar-refractivity contribution in [1.82, 2.24) is 15.2 Å². The number of nitrogens with zero attached hydrogens (tertiary/aromatic N) is 3. The summed E-state index contributed by atoms with van der Waals surface area (Å²) in [6, 6.07) is 15.2. The molecule has 0 aliphatic heterocycles. The van der Waals surface area contributed by atoms with E-state index in [1.54, 1.807) is 6.20 Å². The van der Waals surface area contributed by atoms with E-state index < -0.39 is 15.3 Å². The fourth-order valence-electron chi connectivity index (χ4n) is 2.46. The van der Waals surface area contributed by atoms with Crippen LogP contribution in [0, 0.1) is 0 Å². The maximum Gasteiger partial charge on any atom is 0.238 e. The van der Waals surface area contributed by atoms with Gasteiger partial charge < -0.3 is 5.32 Å². The number of benzene rings is 2. The van der Waals surface area contributed by atoms with E-state index in [2.05, 4.69) is 20.5 Å². The maximum absolute atomic E-state index is 12.6. The minimum atomic E-state index is -3.77. The Morgan fingerprint density at radius 1 is 1.10 bits per heavy atom. The fourth-order valence-corrected chi connectivity index (χ4v) is 3.76. The van der Waals surface area contributed by atoms with Gasteiger partial charge in [-0.2, -0.15) is 0 Å². The van der Waals surface area contributed by atoms with Crippen LogP contribution in [0.4, 0.5) is 5.69 Å². The van der Waals surface area contributed by atoms with Crippen molar-refractivity contribution in [2.75, 3.05) is 5.32 Å². The van der Waals surface area contributed by atoms with Crippen LogP contribution >= 0.6 is 11.8 Å². The fraction of sp³-hybridized carbons (Fsp3) is 0.158. The molecule has 150 valence electrons. The number of carbonyl (C=O) groups excluding carboxylic acids is 1. The summed E-state index contributed by atoms with van der Waals surface area (Å²) in [4.78, 5) is 16.8. The summed E-state index contributed by atoms with van der Waals surface area (Å²) in [6.07, 6.45) is 2.18. The van der Waals surface area contributed by atoms with Crippen LogP contribution in [-0.2, 0) is 14.8 Å². The van der Waals surface area contributed by atoms with E-state index in [0.29, 0.717) is 23.0 Å². The Morgan fingerprint density at radius 2 is 1.79 bits per heavy atom. The molecule has 29 heavy (non-hydrogen) atoms. The second kappa shape index (κ2) is 9.12. The van der Waals surface area contributed by atoms with Gasteiger partial charge in [0.25, 0.3) is 0 Å². The lowest BCUT2D eigenvalue weighted by Crippen LogP contribution is -2.25. The van der Waals surface area contributed by atoms with Gasteiger partial charge >= 0.3 is 0 Å². The Morgan fingerprint density at radius 3 is 2.34 bits per heavy atom. The third-order valence-corrected chi connectivity index (χ3v) is 6.13. The number of amides is 1. The number of hydrogen-bond donors (Lipinski definition) is 2. The predicted octanol–water partition coefficient (Wildman–Crippen LogP) is 2.70. The molecule has 0 aliphatic carbocycles. The molecule has 0 unspecified atom stereocenters. The van der Waals surface area contributed by atoms with Crippen molar-refractivity contribution in [1.29, 1.82) is 0 Å². The topological polar surface area (TPSA) is 128 Å². The first-order valence-corrected chi connectivity index (χ1v) is 11.1. The van der Waals surface area contributed by atoms with Crippen LogP contribution < -0.4 is 10.5 Å². The van der Waals surface area contributed by atoms with E-state index in [0.717, 1.165) is 5.56 Å². The van der Waals surface area contributed by atoms with Crippen molar-refractivity contribution in [3.8, 4) is 11.3 Å². The van der Waals surface area contributed by atoms with Gasteiger partial charge in [0.05, 0.1) is 16.3 Å². The molecule has 3 rings (SSSR count). The number of primary sulfonamides is 1. The Labute approximate surface area is 173 Å². The largest absolute Gasteiger partial charge is 0.325 e. The molecule has 2 aromatic carbocycles. The van der Waals surface area contributed by atoms with Crippen LogP contribution in [0.25, 0.3) is 11.3 Å². The number of thioether (sulfide) groups is 1. The molecule has 1 amide bonds. The Hall–Kier alpha value is -2.82. The highest BCUT2D eigenvalue weighted by atomic mass is 32.2. The van der Waals surface area contributed by atoms with E-state index >= 15 is 0 Å². The highest BCUT2D eigenvalue weighted by molar-refractivity contribution is 8.00. The number of hydrogen-bond acceptors (Lipinski definition) is 7. The number of anilines is 1. The van der Waals surface area contributed by atoms with Gasteiger partial charge in [-0.3, -0.25) is 4.79 Å². The number of nitrogens with two attached hydrogens (primary N) is 1. The van der Waals surface area contributed by atoms with Crippen molar-refractivity contribution in [2.45, 2.75) is 28.6 Å². The van der Waals surface area contributed by atoms with Crippen LogP contribution in [0.5, 0.6) is 0 Å². The molecule has 0 saturated carbocycles. The summed E-state index contributed by atoms with van der Waals surface area (Å²) < 4.78 is 22.6. The summed E-state index contributed by atoms with van der Waals surface area (Å²) in [6.45, 7) is 1.88. The summed E-state index contributed by atoms with van der Waals surface area (Å²) in [5, 5.41) is 16.1. The first-order valence-electron chi connectivity index (χ1n) is 8.72. The van der Waals surface area contributed by atoms with Gasteiger partial charge in [-0.1, -0.05) is 49.0 Å². The van der Waals surface area contributed by atoms with E-state index in [1.807, 2.05) is 37.3 Å². The minimum Gasteiger partial charge on any atom is -0.325 e.